The zero-order valence-electron chi connectivity index (χ0n) is 19.7. The number of hydrogen-bond donors (Lipinski definition) is 1. The molecule has 34 heavy (non-hydrogen) atoms. The van der Waals surface area contributed by atoms with Crippen molar-refractivity contribution in [2.45, 2.75) is 25.7 Å². The predicted molar refractivity (Wildman–Crippen MR) is 135 cm³/mol. The lowest BCUT2D eigenvalue weighted by atomic mass is 10.0. The lowest BCUT2D eigenvalue weighted by molar-refractivity contribution is 0.378. The van der Waals surface area contributed by atoms with Crippen LogP contribution in [0.4, 0.5) is 0 Å². The van der Waals surface area contributed by atoms with E-state index in [1.54, 1.807) is 26.4 Å². The van der Waals surface area contributed by atoms with Crippen LogP contribution in [-0.4, -0.2) is 19.3 Å². The van der Waals surface area contributed by atoms with Gasteiger partial charge in [-0.1, -0.05) is 42.5 Å². The SMILES string of the molecule is COc1cccc(CCc2ccc(OC)c(Oc3ccc(CCc4ccc(O)cc4)cc3)c2)c1. The van der Waals surface area contributed by atoms with Crippen molar-refractivity contribution in [2.75, 3.05) is 14.2 Å². The number of aryl methyl sites for hydroxylation is 4. The Labute approximate surface area is 201 Å². The third kappa shape index (κ3) is 6.32. The fraction of sp³-hybridized carbons (Fsp3) is 0.200. The first-order valence-electron chi connectivity index (χ1n) is 11.5. The van der Waals surface area contributed by atoms with E-state index >= 15 is 0 Å². The molecule has 0 atom stereocenters. The lowest BCUT2D eigenvalue weighted by Gasteiger charge is -2.13. The number of hydrogen-bond acceptors (Lipinski definition) is 4. The molecule has 4 nitrogen and oxygen atoms in total. The molecular weight excluding hydrogens is 424 g/mol. The van der Waals surface area contributed by atoms with Gasteiger partial charge in [-0.15, -0.1) is 0 Å². The molecule has 4 rings (SSSR count). The zero-order valence-corrected chi connectivity index (χ0v) is 19.7. The smallest absolute Gasteiger partial charge is 0.169 e. The summed E-state index contributed by atoms with van der Waals surface area (Å²) in [5.74, 6) is 3.37. The van der Waals surface area contributed by atoms with Crippen LogP contribution in [0.5, 0.6) is 28.7 Å². The summed E-state index contributed by atoms with van der Waals surface area (Å²) in [7, 11) is 3.35. The maximum atomic E-state index is 9.42. The van der Waals surface area contributed by atoms with E-state index in [4.69, 9.17) is 14.2 Å². The number of phenols is 1. The highest BCUT2D eigenvalue weighted by Gasteiger charge is 2.08. The van der Waals surface area contributed by atoms with Crippen molar-refractivity contribution in [3.63, 3.8) is 0 Å². The van der Waals surface area contributed by atoms with E-state index in [2.05, 4.69) is 36.4 Å². The topological polar surface area (TPSA) is 47.9 Å². The fourth-order valence-electron chi connectivity index (χ4n) is 3.88. The third-order valence-electron chi connectivity index (χ3n) is 5.85. The molecule has 0 aliphatic carbocycles. The van der Waals surface area contributed by atoms with Crippen molar-refractivity contribution in [2.24, 2.45) is 0 Å². The second-order valence-corrected chi connectivity index (χ2v) is 8.25. The molecule has 0 aromatic heterocycles. The highest BCUT2D eigenvalue weighted by molar-refractivity contribution is 5.46. The van der Waals surface area contributed by atoms with Gasteiger partial charge in [-0.3, -0.25) is 0 Å². The van der Waals surface area contributed by atoms with Gasteiger partial charge in [0.15, 0.2) is 11.5 Å². The van der Waals surface area contributed by atoms with E-state index in [0.717, 1.165) is 37.2 Å². The zero-order chi connectivity index (χ0) is 23.8. The van der Waals surface area contributed by atoms with E-state index in [1.807, 2.05) is 42.5 Å². The minimum absolute atomic E-state index is 0.296. The summed E-state index contributed by atoms with van der Waals surface area (Å²) < 4.78 is 17.0. The standard InChI is InChI=1S/C30H30O4/c1-32-28-5-3-4-24(20-28)8-9-25-14-19-29(33-2)30(21-25)34-27-17-12-23(13-18-27)7-6-22-10-15-26(31)16-11-22/h3-5,10-21,31H,6-9H2,1-2H3. The molecule has 0 amide bonds. The molecule has 4 aromatic rings. The molecule has 0 heterocycles. The summed E-state index contributed by atoms with van der Waals surface area (Å²) in [6, 6.07) is 29.8. The van der Waals surface area contributed by atoms with Crippen LogP contribution in [0, 0.1) is 0 Å². The minimum Gasteiger partial charge on any atom is -0.508 e. The molecule has 0 radical (unpaired) electrons. The Morgan fingerprint density at radius 2 is 1.12 bits per heavy atom. The average molecular weight is 455 g/mol. The van der Waals surface area contributed by atoms with Crippen molar-refractivity contribution in [3.05, 3.63) is 113 Å². The van der Waals surface area contributed by atoms with Gasteiger partial charge in [0, 0.05) is 0 Å². The van der Waals surface area contributed by atoms with Crippen LogP contribution in [0.3, 0.4) is 0 Å². The molecule has 4 heteroatoms. The first-order valence-corrected chi connectivity index (χ1v) is 11.5. The number of rotatable bonds is 10. The summed E-state index contributed by atoms with van der Waals surface area (Å²) >= 11 is 0. The maximum absolute atomic E-state index is 9.42. The number of benzene rings is 4. The molecule has 0 aliphatic rings. The van der Waals surface area contributed by atoms with Crippen LogP contribution in [0.25, 0.3) is 0 Å². The predicted octanol–water partition coefficient (Wildman–Crippen LogP) is 6.77. The Hall–Kier alpha value is -3.92. The minimum atomic E-state index is 0.296. The van der Waals surface area contributed by atoms with Crippen LogP contribution in [-0.2, 0) is 25.7 Å². The van der Waals surface area contributed by atoms with Crippen molar-refractivity contribution in [1.29, 1.82) is 0 Å². The number of phenolic OH excluding ortho intramolecular Hbond substituents is 1. The molecule has 0 aliphatic heterocycles. The van der Waals surface area contributed by atoms with Crippen molar-refractivity contribution >= 4 is 0 Å². The summed E-state index contributed by atoms with van der Waals surface area (Å²) in [5.41, 5.74) is 4.86. The Morgan fingerprint density at radius 1 is 0.529 bits per heavy atom. The van der Waals surface area contributed by atoms with Gasteiger partial charge < -0.3 is 19.3 Å². The van der Waals surface area contributed by atoms with Gasteiger partial charge in [0.2, 0.25) is 0 Å². The molecule has 0 bridgehead atoms. The summed E-state index contributed by atoms with van der Waals surface area (Å²) in [6.45, 7) is 0. The Kier molecular flexibility index (Phi) is 7.71. The van der Waals surface area contributed by atoms with Gasteiger partial charge in [-0.05, 0) is 96.5 Å². The molecule has 4 aromatic carbocycles. The van der Waals surface area contributed by atoms with Gasteiger partial charge in [0.25, 0.3) is 0 Å². The molecule has 0 saturated heterocycles. The van der Waals surface area contributed by atoms with Crippen LogP contribution < -0.4 is 14.2 Å². The molecular formula is C30H30O4. The average Bonchev–Trinajstić information content (AvgIpc) is 2.88. The largest absolute Gasteiger partial charge is 0.508 e. The second kappa shape index (κ2) is 11.3. The molecule has 1 N–H and O–H groups in total. The van der Waals surface area contributed by atoms with Crippen LogP contribution >= 0.6 is 0 Å². The monoisotopic (exact) mass is 454 g/mol. The first-order chi connectivity index (χ1) is 16.6. The summed E-state index contributed by atoms with van der Waals surface area (Å²) in [6.07, 6.45) is 3.65. The Morgan fingerprint density at radius 3 is 1.76 bits per heavy atom. The highest BCUT2D eigenvalue weighted by Crippen LogP contribution is 2.33. The fourth-order valence-corrected chi connectivity index (χ4v) is 3.88. The van der Waals surface area contributed by atoms with E-state index in [9.17, 15) is 5.11 Å². The van der Waals surface area contributed by atoms with E-state index in [0.29, 0.717) is 17.2 Å². The Bertz CT molecular complexity index is 1200. The summed E-state index contributed by atoms with van der Waals surface area (Å²) in [5, 5.41) is 9.42. The van der Waals surface area contributed by atoms with Gasteiger partial charge in [0.05, 0.1) is 14.2 Å². The van der Waals surface area contributed by atoms with Crippen molar-refractivity contribution in [3.8, 4) is 28.7 Å². The molecule has 0 unspecified atom stereocenters. The molecule has 0 spiro atoms. The van der Waals surface area contributed by atoms with Crippen LogP contribution in [0.15, 0.2) is 91.0 Å². The highest BCUT2D eigenvalue weighted by atomic mass is 16.5. The van der Waals surface area contributed by atoms with Crippen molar-refractivity contribution < 1.29 is 19.3 Å². The van der Waals surface area contributed by atoms with E-state index < -0.39 is 0 Å². The molecule has 0 saturated carbocycles. The quantitative estimate of drug-likeness (QED) is 0.287. The Balaban J connectivity index is 1.39. The summed E-state index contributed by atoms with van der Waals surface area (Å²) in [4.78, 5) is 0. The van der Waals surface area contributed by atoms with Gasteiger partial charge in [0.1, 0.15) is 17.2 Å². The van der Waals surface area contributed by atoms with Crippen LogP contribution in [0.2, 0.25) is 0 Å². The lowest BCUT2D eigenvalue weighted by Crippen LogP contribution is -1.96. The second-order valence-electron chi connectivity index (χ2n) is 8.25. The number of aromatic hydroxyl groups is 1. The first kappa shape index (κ1) is 23.2. The van der Waals surface area contributed by atoms with Crippen LogP contribution in [0.1, 0.15) is 22.3 Å². The van der Waals surface area contributed by atoms with Gasteiger partial charge in [-0.25, -0.2) is 0 Å². The number of methoxy groups -OCH3 is 2. The maximum Gasteiger partial charge on any atom is 0.169 e. The van der Waals surface area contributed by atoms with Gasteiger partial charge in [-0.2, -0.15) is 0 Å². The van der Waals surface area contributed by atoms with E-state index in [1.165, 1.54) is 22.3 Å². The van der Waals surface area contributed by atoms with Crippen molar-refractivity contribution in [1.82, 2.24) is 0 Å². The molecule has 0 fully saturated rings. The van der Waals surface area contributed by atoms with E-state index in [-0.39, 0.29) is 0 Å². The molecule has 174 valence electrons. The van der Waals surface area contributed by atoms with Gasteiger partial charge >= 0.3 is 0 Å². The third-order valence-corrected chi connectivity index (χ3v) is 5.85. The normalized spacial score (nSPS) is 10.6. The number of ether oxygens (including phenoxy) is 3.